The van der Waals surface area contributed by atoms with Crippen LogP contribution in [0.15, 0.2) is 69.9 Å². The van der Waals surface area contributed by atoms with Gasteiger partial charge in [-0.1, -0.05) is 48.6 Å². The molecule has 3 aromatic carbocycles. The molecular formula is C23H18O4. The van der Waals surface area contributed by atoms with Crippen molar-refractivity contribution in [2.45, 2.75) is 0 Å². The molecule has 1 aromatic heterocycles. The van der Waals surface area contributed by atoms with E-state index in [4.69, 9.17) is 13.9 Å². The van der Waals surface area contributed by atoms with E-state index in [2.05, 4.69) is 0 Å². The maximum absolute atomic E-state index is 12.1. The summed E-state index contributed by atoms with van der Waals surface area (Å²) in [6, 6.07) is 19.1. The van der Waals surface area contributed by atoms with E-state index < -0.39 is 0 Å². The van der Waals surface area contributed by atoms with E-state index in [-0.39, 0.29) is 5.63 Å². The second kappa shape index (κ2) is 7.00. The van der Waals surface area contributed by atoms with Gasteiger partial charge in [0.1, 0.15) is 5.58 Å². The highest BCUT2D eigenvalue weighted by Crippen LogP contribution is 2.30. The molecule has 0 amide bonds. The van der Waals surface area contributed by atoms with Crippen molar-refractivity contribution in [3.8, 4) is 11.5 Å². The molecule has 0 aliphatic carbocycles. The minimum atomic E-state index is -0.370. The molecule has 0 unspecified atom stereocenters. The summed E-state index contributed by atoms with van der Waals surface area (Å²) in [5.74, 6) is 1.33. The molecule has 0 aliphatic rings. The topological polar surface area (TPSA) is 48.7 Å². The van der Waals surface area contributed by atoms with Crippen molar-refractivity contribution in [1.29, 1.82) is 0 Å². The van der Waals surface area contributed by atoms with Crippen LogP contribution < -0.4 is 15.1 Å². The van der Waals surface area contributed by atoms with E-state index in [9.17, 15) is 4.79 Å². The van der Waals surface area contributed by atoms with Crippen molar-refractivity contribution in [2.24, 2.45) is 0 Å². The lowest BCUT2D eigenvalue weighted by molar-refractivity contribution is 0.355. The summed E-state index contributed by atoms with van der Waals surface area (Å²) in [4.78, 5) is 12.1. The summed E-state index contributed by atoms with van der Waals surface area (Å²) in [6.45, 7) is 0. The van der Waals surface area contributed by atoms with Gasteiger partial charge in [-0.3, -0.25) is 0 Å². The molecule has 0 bridgehead atoms. The van der Waals surface area contributed by atoms with Gasteiger partial charge in [0.05, 0.1) is 14.2 Å². The highest BCUT2D eigenvalue weighted by atomic mass is 16.5. The van der Waals surface area contributed by atoms with Crippen molar-refractivity contribution in [3.63, 3.8) is 0 Å². The third-order valence-electron chi connectivity index (χ3n) is 4.53. The maximum atomic E-state index is 12.1. The van der Waals surface area contributed by atoms with Gasteiger partial charge in [-0.05, 0) is 34.7 Å². The number of hydrogen-bond acceptors (Lipinski definition) is 4. The fourth-order valence-corrected chi connectivity index (χ4v) is 3.20. The molecule has 0 fully saturated rings. The van der Waals surface area contributed by atoms with Gasteiger partial charge in [-0.25, -0.2) is 4.79 Å². The minimum Gasteiger partial charge on any atom is -0.493 e. The van der Waals surface area contributed by atoms with Crippen LogP contribution in [-0.4, -0.2) is 14.2 Å². The summed E-state index contributed by atoms with van der Waals surface area (Å²) in [5, 5.41) is 2.85. The summed E-state index contributed by atoms with van der Waals surface area (Å²) < 4.78 is 16.1. The van der Waals surface area contributed by atoms with Gasteiger partial charge in [0.25, 0.3) is 0 Å². The second-order valence-electron chi connectivity index (χ2n) is 6.13. The van der Waals surface area contributed by atoms with Gasteiger partial charge in [-0.15, -0.1) is 0 Å². The van der Waals surface area contributed by atoms with E-state index in [1.54, 1.807) is 14.2 Å². The Kier molecular flexibility index (Phi) is 4.38. The van der Waals surface area contributed by atoms with Crippen molar-refractivity contribution in [1.82, 2.24) is 0 Å². The SMILES string of the molecule is COc1ccc(/C=C/c2cc(=O)oc3c2ccc2ccccc23)cc1OC. The Morgan fingerprint density at radius 2 is 1.63 bits per heavy atom. The highest BCUT2D eigenvalue weighted by molar-refractivity contribution is 6.06. The van der Waals surface area contributed by atoms with Crippen LogP contribution in [0.25, 0.3) is 33.9 Å². The second-order valence-corrected chi connectivity index (χ2v) is 6.13. The normalized spacial score (nSPS) is 11.3. The van der Waals surface area contributed by atoms with Gasteiger partial charge >= 0.3 is 5.63 Å². The van der Waals surface area contributed by atoms with Crippen LogP contribution in [0.4, 0.5) is 0 Å². The van der Waals surface area contributed by atoms with E-state index in [0.29, 0.717) is 17.1 Å². The first-order valence-electron chi connectivity index (χ1n) is 8.55. The first-order chi connectivity index (χ1) is 13.2. The molecule has 4 nitrogen and oxygen atoms in total. The quantitative estimate of drug-likeness (QED) is 0.375. The van der Waals surface area contributed by atoms with Gasteiger partial charge in [0, 0.05) is 16.8 Å². The predicted molar refractivity (Wildman–Crippen MR) is 108 cm³/mol. The minimum absolute atomic E-state index is 0.370. The number of hydrogen-bond donors (Lipinski definition) is 0. The Bertz CT molecular complexity index is 1220. The van der Waals surface area contributed by atoms with Crippen molar-refractivity contribution >= 4 is 33.9 Å². The average Bonchev–Trinajstić information content (AvgIpc) is 2.71. The number of ether oxygens (including phenoxy) is 2. The standard InChI is InChI=1S/C23H18O4/c1-25-20-12-8-15(13-21(20)26-2)7-9-17-14-22(24)27-23-18-6-4-3-5-16(18)10-11-19(17)23/h3-14H,1-2H3/b9-7+. The highest BCUT2D eigenvalue weighted by Gasteiger charge is 2.08. The molecule has 0 aliphatic heterocycles. The molecule has 27 heavy (non-hydrogen) atoms. The zero-order valence-electron chi connectivity index (χ0n) is 15.1. The molecule has 0 saturated carbocycles. The van der Waals surface area contributed by atoms with Gasteiger partial charge in [-0.2, -0.15) is 0 Å². The summed E-state index contributed by atoms with van der Waals surface area (Å²) in [5.41, 5.74) is 1.98. The Labute approximate surface area is 156 Å². The lowest BCUT2D eigenvalue weighted by Gasteiger charge is -2.08. The van der Waals surface area contributed by atoms with Crippen LogP contribution in [0.5, 0.6) is 11.5 Å². The van der Waals surface area contributed by atoms with Crippen LogP contribution >= 0.6 is 0 Å². The van der Waals surface area contributed by atoms with Crippen LogP contribution in [0, 0.1) is 0 Å². The molecule has 4 heteroatoms. The number of methoxy groups -OCH3 is 2. The summed E-state index contributed by atoms with van der Waals surface area (Å²) >= 11 is 0. The zero-order valence-corrected chi connectivity index (χ0v) is 15.1. The Balaban J connectivity index is 1.83. The summed E-state index contributed by atoms with van der Waals surface area (Å²) in [7, 11) is 3.21. The van der Waals surface area contributed by atoms with Crippen LogP contribution in [0.3, 0.4) is 0 Å². The fourth-order valence-electron chi connectivity index (χ4n) is 3.20. The lowest BCUT2D eigenvalue weighted by atomic mass is 10.0. The zero-order chi connectivity index (χ0) is 18.8. The van der Waals surface area contributed by atoms with E-state index in [1.165, 1.54) is 6.07 Å². The van der Waals surface area contributed by atoms with Gasteiger partial charge < -0.3 is 13.9 Å². The van der Waals surface area contributed by atoms with Crippen molar-refractivity contribution in [3.05, 3.63) is 82.2 Å². The van der Waals surface area contributed by atoms with Crippen LogP contribution in [-0.2, 0) is 0 Å². The molecule has 0 atom stereocenters. The molecular weight excluding hydrogens is 340 g/mol. The monoisotopic (exact) mass is 358 g/mol. The molecule has 4 rings (SSSR count). The third-order valence-corrected chi connectivity index (χ3v) is 4.53. The lowest BCUT2D eigenvalue weighted by Crippen LogP contribution is -1.98. The molecule has 0 N–H and O–H groups in total. The Hall–Kier alpha value is -3.53. The molecule has 4 aromatic rings. The van der Waals surface area contributed by atoms with Gasteiger partial charge in [0.15, 0.2) is 11.5 Å². The van der Waals surface area contributed by atoms with Gasteiger partial charge in [0.2, 0.25) is 0 Å². The molecule has 0 spiro atoms. The van der Waals surface area contributed by atoms with E-state index in [1.807, 2.05) is 66.7 Å². The average molecular weight is 358 g/mol. The van der Waals surface area contributed by atoms with Crippen molar-refractivity contribution < 1.29 is 13.9 Å². The van der Waals surface area contributed by atoms with Crippen molar-refractivity contribution in [2.75, 3.05) is 14.2 Å². The fraction of sp³-hybridized carbons (Fsp3) is 0.0870. The first kappa shape index (κ1) is 16.9. The van der Waals surface area contributed by atoms with E-state index >= 15 is 0 Å². The molecule has 1 heterocycles. The number of fused-ring (bicyclic) bond motifs is 3. The maximum Gasteiger partial charge on any atom is 0.336 e. The first-order valence-corrected chi connectivity index (χ1v) is 8.55. The van der Waals surface area contributed by atoms with E-state index in [0.717, 1.165) is 27.3 Å². The predicted octanol–water partition coefficient (Wildman–Crippen LogP) is 5.13. The number of rotatable bonds is 4. The molecule has 0 radical (unpaired) electrons. The van der Waals surface area contributed by atoms with Crippen LogP contribution in [0.2, 0.25) is 0 Å². The number of benzene rings is 3. The van der Waals surface area contributed by atoms with Crippen LogP contribution in [0.1, 0.15) is 11.1 Å². The largest absolute Gasteiger partial charge is 0.493 e. The Morgan fingerprint density at radius 1 is 0.815 bits per heavy atom. The molecule has 0 saturated heterocycles. The Morgan fingerprint density at radius 3 is 2.44 bits per heavy atom. The third kappa shape index (κ3) is 3.17. The smallest absolute Gasteiger partial charge is 0.336 e. The summed E-state index contributed by atoms with van der Waals surface area (Å²) in [6.07, 6.45) is 3.85. The molecule has 134 valence electrons.